The van der Waals surface area contributed by atoms with Crippen molar-refractivity contribution < 1.29 is 14.2 Å². The van der Waals surface area contributed by atoms with Crippen LogP contribution in [-0.2, 0) is 11.3 Å². The number of rotatable bonds is 5. The lowest BCUT2D eigenvalue weighted by Gasteiger charge is -2.18. The predicted molar refractivity (Wildman–Crippen MR) is 70.2 cm³/mol. The van der Waals surface area contributed by atoms with Crippen molar-refractivity contribution in [2.45, 2.75) is 25.5 Å². The Morgan fingerprint density at radius 2 is 1.94 bits per heavy atom. The van der Waals surface area contributed by atoms with Crippen LogP contribution in [0, 0.1) is 0 Å². The lowest BCUT2D eigenvalue weighted by Crippen LogP contribution is -2.14. The largest absolute Gasteiger partial charge is 0.496 e. The molecule has 100 valence electrons. The molecule has 0 bridgehead atoms. The average molecular weight is 251 g/mol. The van der Waals surface area contributed by atoms with Gasteiger partial charge in [0.05, 0.1) is 20.8 Å². The molecule has 1 heterocycles. The van der Waals surface area contributed by atoms with Crippen LogP contribution in [0.25, 0.3) is 0 Å². The zero-order valence-electron chi connectivity index (χ0n) is 11.3. The van der Waals surface area contributed by atoms with Gasteiger partial charge in [-0.1, -0.05) is 0 Å². The molecule has 1 saturated heterocycles. The van der Waals surface area contributed by atoms with Gasteiger partial charge in [0.2, 0.25) is 0 Å². The lowest BCUT2D eigenvalue weighted by atomic mass is 10.0. The molecule has 1 aliphatic heterocycles. The summed E-state index contributed by atoms with van der Waals surface area (Å²) in [5.41, 5.74) is 2.19. The first-order valence-electron chi connectivity index (χ1n) is 6.27. The number of hydrogen-bond acceptors (Lipinski definition) is 4. The van der Waals surface area contributed by atoms with E-state index >= 15 is 0 Å². The highest BCUT2D eigenvalue weighted by Crippen LogP contribution is 2.36. The van der Waals surface area contributed by atoms with Crippen LogP contribution in [0.2, 0.25) is 0 Å². The number of ether oxygens (including phenoxy) is 3. The third-order valence-electron chi connectivity index (χ3n) is 3.37. The molecule has 0 spiro atoms. The van der Waals surface area contributed by atoms with E-state index in [9.17, 15) is 0 Å². The Kier molecular flexibility index (Phi) is 4.44. The molecule has 4 nitrogen and oxygen atoms in total. The monoisotopic (exact) mass is 251 g/mol. The summed E-state index contributed by atoms with van der Waals surface area (Å²) in [7, 11) is 5.07. The highest BCUT2D eigenvalue weighted by atomic mass is 16.5. The van der Waals surface area contributed by atoms with E-state index in [1.165, 1.54) is 12.0 Å². The Labute approximate surface area is 108 Å². The molecule has 1 fully saturated rings. The molecule has 1 N–H and O–H groups in total. The van der Waals surface area contributed by atoms with Crippen molar-refractivity contribution in [3.8, 4) is 11.5 Å². The molecular weight excluding hydrogens is 230 g/mol. The topological polar surface area (TPSA) is 39.7 Å². The fourth-order valence-electron chi connectivity index (χ4n) is 2.48. The van der Waals surface area contributed by atoms with E-state index in [0.717, 1.165) is 30.0 Å². The third kappa shape index (κ3) is 2.60. The molecule has 1 atom stereocenters. The van der Waals surface area contributed by atoms with Crippen LogP contribution in [0.1, 0.15) is 30.0 Å². The molecule has 2 rings (SSSR count). The van der Waals surface area contributed by atoms with E-state index in [2.05, 4.69) is 11.4 Å². The van der Waals surface area contributed by atoms with Crippen molar-refractivity contribution in [1.29, 1.82) is 0 Å². The van der Waals surface area contributed by atoms with Gasteiger partial charge in [-0.15, -0.1) is 0 Å². The summed E-state index contributed by atoms with van der Waals surface area (Å²) < 4.78 is 16.1. The zero-order chi connectivity index (χ0) is 13.0. The van der Waals surface area contributed by atoms with Gasteiger partial charge in [-0.25, -0.2) is 0 Å². The van der Waals surface area contributed by atoms with Crippen LogP contribution in [-0.4, -0.2) is 27.9 Å². The van der Waals surface area contributed by atoms with Gasteiger partial charge in [-0.2, -0.15) is 0 Å². The van der Waals surface area contributed by atoms with E-state index in [0.29, 0.717) is 12.6 Å². The van der Waals surface area contributed by atoms with E-state index in [1.54, 1.807) is 21.3 Å². The molecule has 1 aliphatic rings. The molecule has 0 aromatic heterocycles. The summed E-state index contributed by atoms with van der Waals surface area (Å²) in [6, 6.07) is 4.44. The molecule has 18 heavy (non-hydrogen) atoms. The van der Waals surface area contributed by atoms with Gasteiger partial charge < -0.3 is 19.5 Å². The van der Waals surface area contributed by atoms with Crippen molar-refractivity contribution >= 4 is 0 Å². The van der Waals surface area contributed by atoms with Gasteiger partial charge in [-0.3, -0.25) is 0 Å². The van der Waals surface area contributed by atoms with Crippen LogP contribution < -0.4 is 14.8 Å². The second-order valence-electron chi connectivity index (χ2n) is 4.49. The van der Waals surface area contributed by atoms with Crippen LogP contribution in [0.5, 0.6) is 11.5 Å². The molecule has 1 aromatic rings. The second kappa shape index (κ2) is 6.07. The lowest BCUT2D eigenvalue weighted by molar-refractivity contribution is 0.181. The van der Waals surface area contributed by atoms with Crippen molar-refractivity contribution in [3.63, 3.8) is 0 Å². The summed E-state index contributed by atoms with van der Waals surface area (Å²) in [6.07, 6.45) is 2.35. The smallest absolute Gasteiger partial charge is 0.124 e. The first-order valence-corrected chi connectivity index (χ1v) is 6.27. The molecule has 1 unspecified atom stereocenters. The molecule has 1 aromatic carbocycles. The Morgan fingerprint density at radius 3 is 2.50 bits per heavy atom. The van der Waals surface area contributed by atoms with Crippen LogP contribution >= 0.6 is 0 Å². The van der Waals surface area contributed by atoms with Gasteiger partial charge in [0.25, 0.3) is 0 Å². The predicted octanol–water partition coefficient (Wildman–Crippen LogP) is 2.27. The van der Waals surface area contributed by atoms with Crippen molar-refractivity contribution in [3.05, 3.63) is 23.3 Å². The zero-order valence-corrected chi connectivity index (χ0v) is 11.3. The summed E-state index contributed by atoms with van der Waals surface area (Å²) in [5, 5.41) is 3.48. The average Bonchev–Trinajstić information content (AvgIpc) is 2.92. The normalized spacial score (nSPS) is 18.9. The first-order chi connectivity index (χ1) is 8.80. The van der Waals surface area contributed by atoms with E-state index in [1.807, 2.05) is 6.07 Å². The van der Waals surface area contributed by atoms with Gasteiger partial charge in [-0.05, 0) is 31.5 Å². The molecule has 0 radical (unpaired) electrons. The fourth-order valence-corrected chi connectivity index (χ4v) is 2.48. The molecule has 4 heteroatoms. The molecule has 0 amide bonds. The standard InChI is InChI=1S/C14H21NO3/c1-16-9-10-7-14(18-3)11(8-13(10)17-2)12-5-4-6-15-12/h7-8,12,15H,4-6,9H2,1-3H3. The Balaban J connectivity index is 2.38. The van der Waals surface area contributed by atoms with Crippen molar-refractivity contribution in [2.24, 2.45) is 0 Å². The minimum absolute atomic E-state index is 0.366. The van der Waals surface area contributed by atoms with Gasteiger partial charge in [0, 0.05) is 24.3 Å². The van der Waals surface area contributed by atoms with Gasteiger partial charge >= 0.3 is 0 Å². The maximum Gasteiger partial charge on any atom is 0.124 e. The van der Waals surface area contributed by atoms with E-state index in [-0.39, 0.29) is 0 Å². The maximum absolute atomic E-state index is 5.49. The second-order valence-corrected chi connectivity index (χ2v) is 4.49. The SMILES string of the molecule is COCc1cc(OC)c(C2CCCN2)cc1OC. The van der Waals surface area contributed by atoms with Crippen LogP contribution in [0.4, 0.5) is 0 Å². The van der Waals surface area contributed by atoms with Crippen LogP contribution in [0.3, 0.4) is 0 Å². The number of methoxy groups -OCH3 is 3. The molecular formula is C14H21NO3. The Hall–Kier alpha value is -1.26. The summed E-state index contributed by atoms with van der Waals surface area (Å²) in [4.78, 5) is 0. The summed E-state index contributed by atoms with van der Waals surface area (Å²) in [5.74, 6) is 1.77. The molecule has 0 saturated carbocycles. The van der Waals surface area contributed by atoms with E-state index < -0.39 is 0 Å². The fraction of sp³-hybridized carbons (Fsp3) is 0.571. The number of benzene rings is 1. The highest BCUT2D eigenvalue weighted by Gasteiger charge is 2.22. The third-order valence-corrected chi connectivity index (χ3v) is 3.37. The van der Waals surface area contributed by atoms with Crippen molar-refractivity contribution in [1.82, 2.24) is 5.32 Å². The quantitative estimate of drug-likeness (QED) is 0.871. The van der Waals surface area contributed by atoms with Crippen LogP contribution in [0.15, 0.2) is 12.1 Å². The summed E-state index contributed by atoms with van der Waals surface area (Å²) >= 11 is 0. The number of nitrogens with one attached hydrogen (secondary N) is 1. The minimum Gasteiger partial charge on any atom is -0.496 e. The van der Waals surface area contributed by atoms with Gasteiger partial charge in [0.1, 0.15) is 11.5 Å². The Morgan fingerprint density at radius 1 is 1.17 bits per heavy atom. The number of hydrogen-bond donors (Lipinski definition) is 1. The molecule has 0 aliphatic carbocycles. The van der Waals surface area contributed by atoms with E-state index in [4.69, 9.17) is 14.2 Å². The van der Waals surface area contributed by atoms with Gasteiger partial charge in [0.15, 0.2) is 0 Å². The highest BCUT2D eigenvalue weighted by molar-refractivity contribution is 5.48. The first kappa shape index (κ1) is 13.2. The maximum atomic E-state index is 5.49. The Bertz CT molecular complexity index is 400. The minimum atomic E-state index is 0.366. The summed E-state index contributed by atoms with van der Waals surface area (Å²) in [6.45, 7) is 1.59. The van der Waals surface area contributed by atoms with Crippen molar-refractivity contribution in [2.75, 3.05) is 27.9 Å².